The van der Waals surface area contributed by atoms with E-state index >= 15 is 0 Å². The van der Waals surface area contributed by atoms with Crippen molar-refractivity contribution in [3.63, 3.8) is 0 Å². The molecule has 0 saturated heterocycles. The van der Waals surface area contributed by atoms with Crippen molar-refractivity contribution in [3.8, 4) is 45.2 Å². The molecule has 1 unspecified atom stereocenters. The number of rotatable bonds is 8. The third kappa shape index (κ3) is 6.50. The standard InChI is InChI=1S/C44H40N3O.Pt/c1-28(2)33-26-37(29(3)4)43(48)39(27-33)44-46-42-36(19-14-21-41(42)47(44)34-17-10-7-11-18-34)38-25-32(40-20-12-13-24-45-40)22-23-35(38)30(5)31-15-8-6-9-16-31;/h6-24,26-30,48H,1-5H3;/q-1;. The summed E-state index contributed by atoms with van der Waals surface area (Å²) in [6.07, 6.45) is 1.82. The van der Waals surface area contributed by atoms with Crippen LogP contribution in [0.3, 0.4) is 0 Å². The summed E-state index contributed by atoms with van der Waals surface area (Å²) < 4.78 is 2.19. The molecule has 7 rings (SSSR count). The van der Waals surface area contributed by atoms with Gasteiger partial charge in [-0.15, -0.1) is 29.3 Å². The Hall–Kier alpha value is -4.79. The van der Waals surface area contributed by atoms with E-state index in [1.807, 2.05) is 42.6 Å². The van der Waals surface area contributed by atoms with Crippen LogP contribution >= 0.6 is 0 Å². The topological polar surface area (TPSA) is 50.9 Å². The molecule has 49 heavy (non-hydrogen) atoms. The first-order valence-electron chi connectivity index (χ1n) is 16.8. The number of pyridine rings is 1. The number of benzene rings is 5. The van der Waals surface area contributed by atoms with E-state index in [1.54, 1.807) is 0 Å². The van der Waals surface area contributed by atoms with E-state index in [4.69, 9.17) is 4.98 Å². The predicted molar refractivity (Wildman–Crippen MR) is 198 cm³/mol. The second kappa shape index (κ2) is 14.4. The first-order valence-corrected chi connectivity index (χ1v) is 16.8. The second-order valence-electron chi connectivity index (χ2n) is 13.1. The molecular formula is C44H40N3OPt-. The van der Waals surface area contributed by atoms with E-state index in [0.29, 0.717) is 5.82 Å². The van der Waals surface area contributed by atoms with Crippen LogP contribution in [-0.2, 0) is 21.1 Å². The zero-order valence-corrected chi connectivity index (χ0v) is 30.7. The van der Waals surface area contributed by atoms with E-state index in [1.165, 1.54) is 11.1 Å². The van der Waals surface area contributed by atoms with Gasteiger partial charge in [-0.3, -0.25) is 9.55 Å². The minimum Gasteiger partial charge on any atom is -0.507 e. The van der Waals surface area contributed by atoms with Crippen molar-refractivity contribution in [1.82, 2.24) is 14.5 Å². The van der Waals surface area contributed by atoms with Crippen molar-refractivity contribution in [2.45, 2.75) is 52.4 Å². The van der Waals surface area contributed by atoms with E-state index in [-0.39, 0.29) is 44.6 Å². The Morgan fingerprint density at radius 2 is 1.37 bits per heavy atom. The maximum Gasteiger partial charge on any atom is 0.148 e. The molecular weight excluding hydrogens is 782 g/mol. The Balaban J connectivity index is 0.00000417. The number of hydrogen-bond donors (Lipinski definition) is 1. The van der Waals surface area contributed by atoms with Crippen LogP contribution in [0.15, 0.2) is 128 Å². The summed E-state index contributed by atoms with van der Waals surface area (Å²) in [7, 11) is 0. The van der Waals surface area contributed by atoms with Crippen LogP contribution in [0.25, 0.3) is 50.5 Å². The molecule has 5 aromatic carbocycles. The molecule has 1 N–H and O–H groups in total. The summed E-state index contributed by atoms with van der Waals surface area (Å²) in [5, 5.41) is 11.8. The molecule has 0 fully saturated rings. The second-order valence-corrected chi connectivity index (χ2v) is 13.1. The van der Waals surface area contributed by atoms with Crippen molar-refractivity contribution in [2.75, 3.05) is 0 Å². The first-order chi connectivity index (χ1) is 23.3. The van der Waals surface area contributed by atoms with Crippen molar-refractivity contribution in [1.29, 1.82) is 0 Å². The minimum atomic E-state index is 0. The van der Waals surface area contributed by atoms with Crippen LogP contribution in [0.2, 0.25) is 0 Å². The Kier molecular flexibility index (Phi) is 9.99. The van der Waals surface area contributed by atoms with Crippen molar-refractivity contribution in [2.24, 2.45) is 0 Å². The molecule has 0 aliphatic rings. The molecule has 0 amide bonds. The fourth-order valence-electron chi connectivity index (χ4n) is 6.63. The van der Waals surface area contributed by atoms with Gasteiger partial charge in [-0.25, -0.2) is 4.98 Å². The number of nitrogens with zero attached hydrogens (tertiary/aromatic N) is 3. The number of phenols is 1. The average molecular weight is 822 g/mol. The summed E-state index contributed by atoms with van der Waals surface area (Å²) >= 11 is 0. The smallest absolute Gasteiger partial charge is 0.148 e. The average Bonchev–Trinajstić information content (AvgIpc) is 3.52. The molecule has 7 aromatic rings. The number of aromatic hydroxyl groups is 1. The number of imidazole rings is 1. The molecule has 0 aliphatic heterocycles. The van der Waals surface area contributed by atoms with Crippen LogP contribution < -0.4 is 0 Å². The van der Waals surface area contributed by atoms with E-state index in [9.17, 15) is 5.11 Å². The molecule has 2 aromatic heterocycles. The molecule has 0 spiro atoms. The summed E-state index contributed by atoms with van der Waals surface area (Å²) in [5.74, 6) is 1.55. The summed E-state index contributed by atoms with van der Waals surface area (Å²) in [5.41, 5.74) is 11.8. The van der Waals surface area contributed by atoms with Gasteiger partial charge >= 0.3 is 0 Å². The molecule has 0 bridgehead atoms. The Morgan fingerprint density at radius 3 is 2.04 bits per heavy atom. The minimum absolute atomic E-state index is 0. The number of para-hydroxylation sites is 2. The van der Waals surface area contributed by atoms with Gasteiger partial charge in [0.25, 0.3) is 0 Å². The van der Waals surface area contributed by atoms with Gasteiger partial charge in [-0.05, 0) is 64.8 Å². The Bertz CT molecular complexity index is 2210. The van der Waals surface area contributed by atoms with Gasteiger partial charge in [0.05, 0.1) is 16.6 Å². The van der Waals surface area contributed by atoms with Crippen LogP contribution in [0, 0.1) is 6.07 Å². The molecule has 0 saturated carbocycles. The maximum absolute atomic E-state index is 11.8. The fraction of sp³-hybridized carbons (Fsp3) is 0.182. The molecule has 5 heteroatoms. The van der Waals surface area contributed by atoms with Crippen LogP contribution in [0.5, 0.6) is 5.75 Å². The number of phenolic OH excluding ortho intramolecular Hbond substituents is 1. The zero-order chi connectivity index (χ0) is 33.4. The van der Waals surface area contributed by atoms with Gasteiger partial charge in [0.15, 0.2) is 0 Å². The molecule has 0 radical (unpaired) electrons. The monoisotopic (exact) mass is 821 g/mol. The van der Waals surface area contributed by atoms with Crippen molar-refractivity contribution in [3.05, 3.63) is 156 Å². The largest absolute Gasteiger partial charge is 0.507 e. The summed E-state index contributed by atoms with van der Waals surface area (Å²) in [6.45, 7) is 10.9. The third-order valence-corrected chi connectivity index (χ3v) is 9.35. The normalized spacial score (nSPS) is 12.0. The Labute approximate surface area is 303 Å². The number of hydrogen-bond acceptors (Lipinski definition) is 3. The van der Waals surface area contributed by atoms with Gasteiger partial charge in [-0.1, -0.05) is 125 Å². The first kappa shape index (κ1) is 34.1. The van der Waals surface area contributed by atoms with Gasteiger partial charge in [0, 0.05) is 38.6 Å². The van der Waals surface area contributed by atoms with Crippen molar-refractivity contribution < 1.29 is 26.2 Å². The third-order valence-electron chi connectivity index (χ3n) is 9.35. The molecule has 0 aliphatic carbocycles. The maximum atomic E-state index is 11.8. The predicted octanol–water partition coefficient (Wildman–Crippen LogP) is 11.3. The summed E-state index contributed by atoms with van der Waals surface area (Å²) in [4.78, 5) is 10.1. The molecule has 4 nitrogen and oxygen atoms in total. The SMILES string of the molecule is CC(C)c1cc(-c2nc3c(-c4[c-]c(-c5ccccn5)ccc4C(C)c4ccccc4)cccc3n2-c2ccccc2)c(O)c(C(C)C)c1.[Pt]. The number of aromatic nitrogens is 3. The van der Waals surface area contributed by atoms with Gasteiger partial charge in [0.2, 0.25) is 0 Å². The van der Waals surface area contributed by atoms with E-state index in [0.717, 1.165) is 55.8 Å². The van der Waals surface area contributed by atoms with E-state index < -0.39 is 0 Å². The van der Waals surface area contributed by atoms with Gasteiger partial charge in [-0.2, -0.15) is 0 Å². The van der Waals surface area contributed by atoms with Gasteiger partial charge in [0.1, 0.15) is 11.6 Å². The number of fused-ring (bicyclic) bond motifs is 1. The zero-order valence-electron chi connectivity index (χ0n) is 28.5. The van der Waals surface area contributed by atoms with E-state index in [2.05, 4.69) is 135 Å². The van der Waals surface area contributed by atoms with Crippen LogP contribution in [0.1, 0.15) is 74.6 Å². The van der Waals surface area contributed by atoms with Crippen LogP contribution in [0.4, 0.5) is 0 Å². The Morgan fingerprint density at radius 1 is 0.653 bits per heavy atom. The molecule has 248 valence electrons. The van der Waals surface area contributed by atoms with Gasteiger partial charge < -0.3 is 5.11 Å². The molecule has 2 heterocycles. The fourth-order valence-corrected chi connectivity index (χ4v) is 6.63. The summed E-state index contributed by atoms with van der Waals surface area (Å²) in [6, 6.07) is 45.6. The molecule has 1 atom stereocenters. The van der Waals surface area contributed by atoms with Crippen LogP contribution in [-0.4, -0.2) is 19.6 Å². The van der Waals surface area contributed by atoms with Crippen molar-refractivity contribution >= 4 is 11.0 Å². The quantitative estimate of drug-likeness (QED) is 0.155.